The van der Waals surface area contributed by atoms with Crippen LogP contribution in [0.25, 0.3) is 0 Å². The zero-order valence-corrected chi connectivity index (χ0v) is 9.42. The van der Waals surface area contributed by atoms with Gasteiger partial charge in [-0.3, -0.25) is 4.79 Å². The largest absolute Gasteiger partial charge is 0.340 e. The molecule has 0 aromatic rings. The maximum Gasteiger partial charge on any atom is 0.243 e. The molecule has 1 aliphatic carbocycles. The van der Waals surface area contributed by atoms with E-state index < -0.39 is 5.41 Å². The summed E-state index contributed by atoms with van der Waals surface area (Å²) in [6, 6.07) is 2.18. The van der Waals surface area contributed by atoms with Gasteiger partial charge >= 0.3 is 0 Å². The van der Waals surface area contributed by atoms with Crippen LogP contribution in [-0.4, -0.2) is 23.4 Å². The van der Waals surface area contributed by atoms with Gasteiger partial charge in [-0.15, -0.1) is 0 Å². The summed E-state index contributed by atoms with van der Waals surface area (Å²) in [5, 5.41) is 9.02. The minimum Gasteiger partial charge on any atom is -0.340 e. The van der Waals surface area contributed by atoms with Gasteiger partial charge in [0.1, 0.15) is 5.41 Å². The van der Waals surface area contributed by atoms with Crippen molar-refractivity contribution in [3.05, 3.63) is 0 Å². The Bertz CT molecular complexity index is 279. The zero-order valence-electron chi connectivity index (χ0n) is 9.42. The van der Waals surface area contributed by atoms with Crippen molar-refractivity contribution in [3.8, 4) is 6.07 Å². The Morgan fingerprint density at radius 1 is 1.43 bits per heavy atom. The molecule has 3 nitrogen and oxygen atoms in total. The van der Waals surface area contributed by atoms with Crippen LogP contribution in [0, 0.1) is 16.7 Å². The second-order valence-corrected chi connectivity index (χ2v) is 5.08. The summed E-state index contributed by atoms with van der Waals surface area (Å²) in [6.07, 6.45) is 2.45. The summed E-state index contributed by atoms with van der Waals surface area (Å²) < 4.78 is 0. The molecule has 0 aromatic carbocycles. The fourth-order valence-electron chi connectivity index (χ4n) is 1.53. The van der Waals surface area contributed by atoms with Gasteiger partial charge in [-0.25, -0.2) is 0 Å². The molecule has 0 atom stereocenters. The van der Waals surface area contributed by atoms with Crippen LogP contribution in [0.4, 0.5) is 0 Å². The monoisotopic (exact) mass is 194 g/mol. The second-order valence-electron chi connectivity index (χ2n) is 5.08. The lowest BCUT2D eigenvalue weighted by Gasteiger charge is -2.41. The number of hydrogen-bond donors (Lipinski definition) is 0. The van der Waals surface area contributed by atoms with Crippen LogP contribution in [0.2, 0.25) is 0 Å². The molecule has 1 fully saturated rings. The molecule has 0 bridgehead atoms. The van der Waals surface area contributed by atoms with Crippen molar-refractivity contribution in [1.29, 1.82) is 5.26 Å². The van der Waals surface area contributed by atoms with Crippen LogP contribution in [0.5, 0.6) is 0 Å². The first-order valence-corrected chi connectivity index (χ1v) is 5.03. The molecule has 78 valence electrons. The second kappa shape index (κ2) is 3.27. The highest BCUT2D eigenvalue weighted by Gasteiger charge is 2.47. The topological polar surface area (TPSA) is 44.1 Å². The van der Waals surface area contributed by atoms with E-state index in [4.69, 9.17) is 5.26 Å². The Morgan fingerprint density at radius 2 is 1.93 bits per heavy atom. The Balaban J connectivity index is 2.80. The molecule has 14 heavy (non-hydrogen) atoms. The maximum atomic E-state index is 12.0. The van der Waals surface area contributed by atoms with Crippen LogP contribution in [0.15, 0.2) is 0 Å². The predicted molar refractivity (Wildman–Crippen MR) is 54.4 cm³/mol. The van der Waals surface area contributed by atoms with Crippen LogP contribution in [0.1, 0.15) is 40.0 Å². The van der Waals surface area contributed by atoms with Crippen molar-refractivity contribution in [3.63, 3.8) is 0 Å². The van der Waals surface area contributed by atoms with Crippen molar-refractivity contribution in [2.24, 2.45) is 5.41 Å². The molecule has 0 heterocycles. The molecule has 1 aliphatic rings. The molecule has 0 N–H and O–H groups in total. The number of nitriles is 1. The highest BCUT2D eigenvalue weighted by atomic mass is 16.2. The van der Waals surface area contributed by atoms with E-state index >= 15 is 0 Å². The lowest BCUT2D eigenvalue weighted by molar-refractivity contribution is -0.146. The molecule has 0 unspecified atom stereocenters. The number of nitrogens with zero attached hydrogens (tertiary/aromatic N) is 2. The van der Waals surface area contributed by atoms with Crippen molar-refractivity contribution in [2.45, 2.75) is 45.6 Å². The van der Waals surface area contributed by atoms with Gasteiger partial charge in [0.05, 0.1) is 6.07 Å². The third-order valence-corrected chi connectivity index (χ3v) is 3.14. The van der Waals surface area contributed by atoms with E-state index in [1.807, 2.05) is 20.8 Å². The van der Waals surface area contributed by atoms with E-state index in [2.05, 4.69) is 6.07 Å². The highest BCUT2D eigenvalue weighted by molar-refractivity contribution is 5.86. The number of amides is 1. The number of rotatable bonds is 1. The summed E-state index contributed by atoms with van der Waals surface area (Å²) in [5.74, 6) is -0.0150. The van der Waals surface area contributed by atoms with E-state index in [0.717, 1.165) is 19.3 Å². The van der Waals surface area contributed by atoms with Crippen LogP contribution >= 0.6 is 0 Å². The standard InChI is InChI=1S/C11H18N2O/c1-10(2,3)13(4)9(14)11(8-12)6-5-7-11/h5-7H2,1-4H3. The van der Waals surface area contributed by atoms with Crippen molar-refractivity contribution < 1.29 is 4.79 Å². The molecule has 0 spiro atoms. The highest BCUT2D eigenvalue weighted by Crippen LogP contribution is 2.42. The lowest BCUT2D eigenvalue weighted by atomic mass is 9.68. The summed E-state index contributed by atoms with van der Waals surface area (Å²) in [5.41, 5.74) is -0.904. The Morgan fingerprint density at radius 3 is 2.14 bits per heavy atom. The van der Waals surface area contributed by atoms with Gasteiger partial charge in [0.2, 0.25) is 5.91 Å². The zero-order chi connectivity index (χ0) is 11.0. The third kappa shape index (κ3) is 1.61. The molecule has 0 aliphatic heterocycles. The number of hydrogen-bond acceptors (Lipinski definition) is 2. The molecule has 3 heteroatoms. The first kappa shape index (κ1) is 11.0. The normalized spacial score (nSPS) is 19.4. The Labute approximate surface area is 85.7 Å². The molecule has 0 aromatic heterocycles. The fraction of sp³-hybridized carbons (Fsp3) is 0.818. The summed E-state index contributed by atoms with van der Waals surface area (Å²) in [4.78, 5) is 13.7. The first-order valence-electron chi connectivity index (χ1n) is 5.03. The van der Waals surface area contributed by atoms with Crippen LogP contribution in [0.3, 0.4) is 0 Å². The number of carbonyl (C=O) groups is 1. The van der Waals surface area contributed by atoms with Gasteiger partial charge < -0.3 is 4.90 Å². The quantitative estimate of drug-likeness (QED) is 0.640. The van der Waals surface area contributed by atoms with Crippen LogP contribution < -0.4 is 0 Å². The molecule has 0 saturated heterocycles. The fourth-order valence-corrected chi connectivity index (χ4v) is 1.53. The lowest BCUT2D eigenvalue weighted by Crippen LogP contribution is -2.52. The van der Waals surface area contributed by atoms with Gasteiger partial charge in [-0.1, -0.05) is 0 Å². The molecular formula is C11H18N2O. The van der Waals surface area contributed by atoms with E-state index in [0.29, 0.717) is 0 Å². The summed E-state index contributed by atoms with van der Waals surface area (Å²) >= 11 is 0. The smallest absolute Gasteiger partial charge is 0.243 e. The van der Waals surface area contributed by atoms with Gasteiger partial charge in [0, 0.05) is 12.6 Å². The average molecular weight is 194 g/mol. The third-order valence-electron chi connectivity index (χ3n) is 3.14. The van der Waals surface area contributed by atoms with E-state index in [1.54, 1.807) is 11.9 Å². The van der Waals surface area contributed by atoms with E-state index in [1.165, 1.54) is 0 Å². The molecule has 1 saturated carbocycles. The van der Waals surface area contributed by atoms with E-state index in [9.17, 15) is 4.79 Å². The van der Waals surface area contributed by atoms with Crippen molar-refractivity contribution in [2.75, 3.05) is 7.05 Å². The van der Waals surface area contributed by atoms with E-state index in [-0.39, 0.29) is 11.4 Å². The SMILES string of the molecule is CN(C(=O)C1(C#N)CCC1)C(C)(C)C. The van der Waals surface area contributed by atoms with Crippen molar-refractivity contribution >= 4 is 5.91 Å². The molecule has 0 radical (unpaired) electrons. The Kier molecular flexibility index (Phi) is 2.58. The minimum absolute atomic E-state index is 0.0150. The molecule has 1 amide bonds. The molecule has 1 rings (SSSR count). The Hall–Kier alpha value is -1.04. The summed E-state index contributed by atoms with van der Waals surface area (Å²) in [6.45, 7) is 5.94. The van der Waals surface area contributed by atoms with Gasteiger partial charge in [-0.2, -0.15) is 5.26 Å². The van der Waals surface area contributed by atoms with Crippen LogP contribution in [-0.2, 0) is 4.79 Å². The summed E-state index contributed by atoms with van der Waals surface area (Å²) in [7, 11) is 1.78. The first-order chi connectivity index (χ1) is 6.33. The average Bonchev–Trinajstić information content (AvgIpc) is 2.00. The number of carbonyl (C=O) groups excluding carboxylic acids is 1. The van der Waals surface area contributed by atoms with Crippen molar-refractivity contribution in [1.82, 2.24) is 4.90 Å². The van der Waals surface area contributed by atoms with Gasteiger partial charge in [0.25, 0.3) is 0 Å². The predicted octanol–water partition coefficient (Wildman–Crippen LogP) is 1.94. The minimum atomic E-state index is -0.706. The van der Waals surface area contributed by atoms with Gasteiger partial charge in [-0.05, 0) is 40.0 Å². The maximum absolute atomic E-state index is 12.0. The molecular weight excluding hydrogens is 176 g/mol. The van der Waals surface area contributed by atoms with Gasteiger partial charge in [0.15, 0.2) is 0 Å².